The maximum absolute atomic E-state index is 6.39. The van der Waals surface area contributed by atoms with Crippen molar-refractivity contribution in [3.05, 3.63) is 16.4 Å². The Labute approximate surface area is 121 Å². The predicted octanol–water partition coefficient (Wildman–Crippen LogP) is 2.66. The topological polar surface area (TPSA) is 53.1 Å². The van der Waals surface area contributed by atoms with Crippen LogP contribution in [0.5, 0.6) is 0 Å². The number of halogens is 1. The van der Waals surface area contributed by atoms with Crippen LogP contribution in [0.1, 0.15) is 38.6 Å². The van der Waals surface area contributed by atoms with E-state index in [-0.39, 0.29) is 6.04 Å². The zero-order valence-corrected chi connectivity index (χ0v) is 13.2. The normalized spacial score (nSPS) is 14.6. The van der Waals surface area contributed by atoms with Gasteiger partial charge in [-0.3, -0.25) is 4.68 Å². The van der Waals surface area contributed by atoms with Gasteiger partial charge in [-0.2, -0.15) is 5.10 Å². The van der Waals surface area contributed by atoms with E-state index in [4.69, 9.17) is 22.1 Å². The lowest BCUT2D eigenvalue weighted by Gasteiger charge is -2.17. The van der Waals surface area contributed by atoms with Crippen molar-refractivity contribution in [2.45, 2.75) is 52.6 Å². The lowest BCUT2D eigenvalue weighted by Crippen LogP contribution is -2.28. The van der Waals surface area contributed by atoms with Crippen LogP contribution in [0.4, 0.5) is 0 Å². The van der Waals surface area contributed by atoms with Crippen molar-refractivity contribution in [1.82, 2.24) is 9.78 Å². The Balaban J connectivity index is 2.72. The van der Waals surface area contributed by atoms with E-state index in [1.807, 2.05) is 4.68 Å². The Bertz CT molecular complexity index is 392. The van der Waals surface area contributed by atoms with Gasteiger partial charge in [0.15, 0.2) is 0 Å². The summed E-state index contributed by atoms with van der Waals surface area (Å²) in [7, 11) is 1.72. The molecule has 0 spiro atoms. The molecular formula is C14H26ClN3O. The molecule has 19 heavy (non-hydrogen) atoms. The van der Waals surface area contributed by atoms with E-state index < -0.39 is 0 Å². The maximum atomic E-state index is 6.39. The lowest BCUT2D eigenvalue weighted by atomic mass is 9.99. The summed E-state index contributed by atoms with van der Waals surface area (Å²) in [5.41, 5.74) is 8.26. The standard InChI is InChI=1S/C14H26ClN3O/c1-5-12-14(15)13(18(6-2)17-12)8-11(16)7-10(3)9-19-4/h10-11H,5-9,16H2,1-4H3. The van der Waals surface area contributed by atoms with Crippen LogP contribution in [0, 0.1) is 5.92 Å². The van der Waals surface area contributed by atoms with Crippen molar-refractivity contribution in [3.63, 3.8) is 0 Å². The summed E-state index contributed by atoms with van der Waals surface area (Å²) in [4.78, 5) is 0. The van der Waals surface area contributed by atoms with Gasteiger partial charge in [-0.1, -0.05) is 25.4 Å². The molecule has 0 saturated heterocycles. The van der Waals surface area contributed by atoms with E-state index >= 15 is 0 Å². The number of nitrogens with two attached hydrogens (primary N) is 1. The van der Waals surface area contributed by atoms with Gasteiger partial charge in [-0.15, -0.1) is 0 Å². The molecule has 0 fully saturated rings. The smallest absolute Gasteiger partial charge is 0.0850 e. The minimum atomic E-state index is 0.0920. The van der Waals surface area contributed by atoms with Crippen LogP contribution in [0.2, 0.25) is 5.02 Å². The molecule has 4 nitrogen and oxygen atoms in total. The number of ether oxygens (including phenoxy) is 1. The average molecular weight is 288 g/mol. The highest BCUT2D eigenvalue weighted by Gasteiger charge is 2.18. The van der Waals surface area contributed by atoms with Crippen molar-refractivity contribution >= 4 is 11.6 Å². The average Bonchev–Trinajstić information content (AvgIpc) is 2.66. The quantitative estimate of drug-likeness (QED) is 0.800. The van der Waals surface area contributed by atoms with Crippen molar-refractivity contribution in [2.75, 3.05) is 13.7 Å². The Kier molecular flexibility index (Phi) is 6.83. The molecule has 2 N–H and O–H groups in total. The van der Waals surface area contributed by atoms with Gasteiger partial charge in [0.05, 0.1) is 16.4 Å². The van der Waals surface area contributed by atoms with E-state index in [1.165, 1.54) is 0 Å². The van der Waals surface area contributed by atoms with Gasteiger partial charge in [-0.05, 0) is 25.7 Å². The molecule has 0 radical (unpaired) electrons. The fourth-order valence-corrected chi connectivity index (χ4v) is 2.76. The fourth-order valence-electron chi connectivity index (χ4n) is 2.41. The summed E-state index contributed by atoms with van der Waals surface area (Å²) in [6.45, 7) is 7.87. The number of aromatic nitrogens is 2. The molecule has 110 valence electrons. The molecule has 0 aromatic carbocycles. The van der Waals surface area contributed by atoms with Gasteiger partial charge in [0.1, 0.15) is 0 Å². The Morgan fingerprint density at radius 2 is 2.11 bits per heavy atom. The van der Waals surface area contributed by atoms with E-state index in [1.54, 1.807) is 7.11 Å². The van der Waals surface area contributed by atoms with Gasteiger partial charge in [0.2, 0.25) is 0 Å². The van der Waals surface area contributed by atoms with Gasteiger partial charge < -0.3 is 10.5 Å². The Hall–Kier alpha value is -0.580. The minimum Gasteiger partial charge on any atom is -0.384 e. The van der Waals surface area contributed by atoms with Gasteiger partial charge in [0, 0.05) is 32.7 Å². The highest BCUT2D eigenvalue weighted by molar-refractivity contribution is 6.31. The third kappa shape index (κ3) is 4.48. The molecule has 1 heterocycles. The molecule has 0 aliphatic heterocycles. The molecular weight excluding hydrogens is 262 g/mol. The summed E-state index contributed by atoms with van der Waals surface area (Å²) < 4.78 is 7.12. The van der Waals surface area contributed by atoms with Crippen molar-refractivity contribution in [3.8, 4) is 0 Å². The van der Waals surface area contributed by atoms with E-state index in [0.29, 0.717) is 5.92 Å². The first-order valence-electron chi connectivity index (χ1n) is 7.01. The Morgan fingerprint density at radius 1 is 1.42 bits per heavy atom. The van der Waals surface area contributed by atoms with Crippen LogP contribution in [-0.4, -0.2) is 29.5 Å². The molecule has 2 unspecified atom stereocenters. The second-order valence-corrected chi connectivity index (χ2v) is 5.52. The van der Waals surface area contributed by atoms with Crippen LogP contribution >= 0.6 is 11.6 Å². The predicted molar refractivity (Wildman–Crippen MR) is 79.6 cm³/mol. The second kappa shape index (κ2) is 7.88. The fraction of sp³-hybridized carbons (Fsp3) is 0.786. The molecule has 0 bridgehead atoms. The molecule has 0 amide bonds. The van der Waals surface area contributed by atoms with Crippen LogP contribution < -0.4 is 5.73 Å². The lowest BCUT2D eigenvalue weighted by molar-refractivity contribution is 0.152. The molecule has 0 aliphatic rings. The maximum Gasteiger partial charge on any atom is 0.0850 e. The number of aryl methyl sites for hydroxylation is 2. The molecule has 5 heteroatoms. The van der Waals surface area contributed by atoms with Gasteiger partial charge >= 0.3 is 0 Å². The zero-order chi connectivity index (χ0) is 14.4. The van der Waals surface area contributed by atoms with Crippen LogP contribution in [0.25, 0.3) is 0 Å². The molecule has 0 aliphatic carbocycles. The summed E-state index contributed by atoms with van der Waals surface area (Å²) in [6.07, 6.45) is 2.56. The minimum absolute atomic E-state index is 0.0920. The SMILES string of the molecule is CCc1nn(CC)c(CC(N)CC(C)COC)c1Cl. The molecule has 2 atom stereocenters. The van der Waals surface area contributed by atoms with Gasteiger partial charge in [-0.25, -0.2) is 0 Å². The van der Waals surface area contributed by atoms with Crippen molar-refractivity contribution < 1.29 is 4.74 Å². The monoisotopic (exact) mass is 287 g/mol. The van der Waals surface area contributed by atoms with Crippen LogP contribution in [0.15, 0.2) is 0 Å². The van der Waals surface area contributed by atoms with E-state index in [0.717, 1.165) is 48.8 Å². The number of nitrogens with zero attached hydrogens (tertiary/aromatic N) is 2. The number of methoxy groups -OCH3 is 1. The number of hydrogen-bond acceptors (Lipinski definition) is 3. The third-order valence-corrected chi connectivity index (χ3v) is 3.74. The second-order valence-electron chi connectivity index (χ2n) is 5.14. The first kappa shape index (κ1) is 16.5. The van der Waals surface area contributed by atoms with E-state index in [2.05, 4.69) is 25.9 Å². The number of rotatable bonds is 8. The molecule has 0 saturated carbocycles. The first-order chi connectivity index (χ1) is 9.03. The highest BCUT2D eigenvalue weighted by Crippen LogP contribution is 2.23. The third-order valence-electron chi connectivity index (χ3n) is 3.31. The highest BCUT2D eigenvalue weighted by atomic mass is 35.5. The number of hydrogen-bond donors (Lipinski definition) is 1. The summed E-state index contributed by atoms with van der Waals surface area (Å²) in [6, 6.07) is 0.0920. The Morgan fingerprint density at radius 3 is 2.63 bits per heavy atom. The van der Waals surface area contributed by atoms with Crippen molar-refractivity contribution in [1.29, 1.82) is 0 Å². The first-order valence-corrected chi connectivity index (χ1v) is 7.39. The largest absolute Gasteiger partial charge is 0.384 e. The molecule has 1 aromatic heterocycles. The summed E-state index contributed by atoms with van der Waals surface area (Å²) in [5.74, 6) is 0.461. The summed E-state index contributed by atoms with van der Waals surface area (Å²) >= 11 is 6.39. The summed E-state index contributed by atoms with van der Waals surface area (Å²) in [5, 5.41) is 5.31. The van der Waals surface area contributed by atoms with E-state index in [9.17, 15) is 0 Å². The molecule has 1 aromatic rings. The van der Waals surface area contributed by atoms with Gasteiger partial charge in [0.25, 0.3) is 0 Å². The van der Waals surface area contributed by atoms with Crippen LogP contribution in [0.3, 0.4) is 0 Å². The zero-order valence-electron chi connectivity index (χ0n) is 12.4. The van der Waals surface area contributed by atoms with Crippen molar-refractivity contribution in [2.24, 2.45) is 11.7 Å². The van der Waals surface area contributed by atoms with Crippen LogP contribution in [-0.2, 0) is 24.1 Å². The molecule has 1 rings (SSSR count).